The van der Waals surface area contributed by atoms with Crippen molar-refractivity contribution in [2.45, 2.75) is 70.4 Å². The number of unbranched alkanes of at least 4 members (excludes halogenated alkanes) is 2. The van der Waals surface area contributed by atoms with Crippen molar-refractivity contribution in [2.75, 3.05) is 6.54 Å². The van der Waals surface area contributed by atoms with Gasteiger partial charge in [0.05, 0.1) is 0 Å². The highest BCUT2D eigenvalue weighted by molar-refractivity contribution is 6.09. The Kier molecular flexibility index (Phi) is 15.7. The first kappa shape index (κ1) is 36.3. The van der Waals surface area contributed by atoms with Gasteiger partial charge < -0.3 is 15.4 Å². The molecular formula is C33H41N5O7. The molecule has 2 rings (SSSR count). The topological polar surface area (TPSA) is 188 Å². The number of nitrogens with one attached hydrogen (secondary N) is 3. The fourth-order valence-electron chi connectivity index (χ4n) is 4.48. The van der Waals surface area contributed by atoms with Crippen molar-refractivity contribution in [3.8, 4) is 12.3 Å². The molecule has 6 N–H and O–H groups in total. The number of nitrogens with two attached hydrogens (primary N) is 1. The van der Waals surface area contributed by atoms with Crippen molar-refractivity contribution < 1.29 is 34.0 Å². The van der Waals surface area contributed by atoms with Crippen LogP contribution in [0.4, 0.5) is 0 Å². The van der Waals surface area contributed by atoms with Gasteiger partial charge in [0.1, 0.15) is 18.4 Å². The van der Waals surface area contributed by atoms with Crippen LogP contribution in [0, 0.1) is 18.3 Å². The molecule has 0 heterocycles. The molecule has 240 valence electrons. The number of hydroxylamine groups is 1. The summed E-state index contributed by atoms with van der Waals surface area (Å²) in [5.41, 5.74) is 3.03. The van der Waals surface area contributed by atoms with Gasteiger partial charge in [0, 0.05) is 49.3 Å². The summed E-state index contributed by atoms with van der Waals surface area (Å²) < 4.78 is 0. The largest absolute Gasteiger partial charge is 0.356 e. The van der Waals surface area contributed by atoms with E-state index in [9.17, 15) is 28.8 Å². The van der Waals surface area contributed by atoms with E-state index >= 15 is 0 Å². The number of terminal acetylenes is 1. The summed E-state index contributed by atoms with van der Waals surface area (Å²) in [7, 11) is 0. The number of hydrogen-bond donors (Lipinski definition) is 5. The minimum Gasteiger partial charge on any atom is -0.356 e. The summed E-state index contributed by atoms with van der Waals surface area (Å²) in [5.74, 6) is 5.26. The smallest absolute Gasteiger partial charge is 0.260 e. The van der Waals surface area contributed by atoms with Crippen molar-refractivity contribution >= 4 is 35.7 Å². The Bertz CT molecular complexity index is 1340. The second kappa shape index (κ2) is 19.4. The molecule has 3 atom stereocenters. The van der Waals surface area contributed by atoms with E-state index in [0.29, 0.717) is 61.6 Å². The standard InChI is InChI=1S/C33H41N5O7/c1-3-4-6-14-29(40)35-19-10-9-13-27(22-39)38(34)33(44)28(36-32(43)23(2)20-30(41)37-45)21-24-15-17-26(18-16-24)31(42)25-11-7-5-8-12-25/h1,5,7-8,11-12,15-18,22-23,27-28,45H,4,6,9-10,13-14,19-21,34H2,2H3,(H,35,40)(H,36,43)(H,37,41). The molecule has 2 aromatic carbocycles. The number of rotatable bonds is 19. The van der Waals surface area contributed by atoms with Crippen LogP contribution >= 0.6 is 0 Å². The normalized spacial score (nSPS) is 12.5. The first-order valence-corrected chi connectivity index (χ1v) is 14.8. The van der Waals surface area contributed by atoms with Crippen molar-refractivity contribution in [3.05, 3.63) is 71.3 Å². The predicted octanol–water partition coefficient (Wildman–Crippen LogP) is 1.84. The van der Waals surface area contributed by atoms with Crippen molar-refractivity contribution in [1.29, 1.82) is 0 Å². The number of carbonyl (C=O) groups excluding carboxylic acids is 6. The monoisotopic (exact) mass is 619 g/mol. The Morgan fingerprint density at radius 2 is 1.64 bits per heavy atom. The van der Waals surface area contributed by atoms with E-state index in [-0.39, 0.29) is 31.0 Å². The third kappa shape index (κ3) is 12.3. The van der Waals surface area contributed by atoms with Crippen molar-refractivity contribution in [1.82, 2.24) is 21.1 Å². The van der Waals surface area contributed by atoms with E-state index in [1.165, 1.54) is 12.4 Å². The van der Waals surface area contributed by atoms with E-state index in [2.05, 4.69) is 16.6 Å². The quantitative estimate of drug-likeness (QED) is 0.0230. The first-order chi connectivity index (χ1) is 21.6. The predicted molar refractivity (Wildman–Crippen MR) is 166 cm³/mol. The van der Waals surface area contributed by atoms with E-state index in [0.717, 1.165) is 5.01 Å². The summed E-state index contributed by atoms with van der Waals surface area (Å²) in [6.45, 7) is 1.85. The summed E-state index contributed by atoms with van der Waals surface area (Å²) >= 11 is 0. The number of aldehydes is 1. The van der Waals surface area contributed by atoms with Crippen LogP contribution in [0.1, 0.15) is 73.4 Å². The third-order valence-corrected chi connectivity index (χ3v) is 7.11. The van der Waals surface area contributed by atoms with Crippen LogP contribution in [0.25, 0.3) is 0 Å². The maximum Gasteiger partial charge on any atom is 0.260 e. The lowest BCUT2D eigenvalue weighted by molar-refractivity contribution is -0.141. The lowest BCUT2D eigenvalue weighted by Crippen LogP contribution is -2.56. The minimum atomic E-state index is -1.21. The molecule has 0 saturated carbocycles. The second-order valence-electron chi connectivity index (χ2n) is 10.6. The van der Waals surface area contributed by atoms with Gasteiger partial charge in [0.25, 0.3) is 5.91 Å². The molecule has 2 aromatic rings. The molecule has 0 saturated heterocycles. The Morgan fingerprint density at radius 1 is 0.978 bits per heavy atom. The molecule has 0 fully saturated rings. The zero-order valence-electron chi connectivity index (χ0n) is 25.4. The molecule has 0 aromatic heterocycles. The number of hydrogen-bond acceptors (Lipinski definition) is 8. The molecule has 0 aliphatic rings. The molecule has 12 nitrogen and oxygen atoms in total. The second-order valence-corrected chi connectivity index (χ2v) is 10.6. The molecule has 0 aliphatic carbocycles. The molecule has 12 heteroatoms. The summed E-state index contributed by atoms with van der Waals surface area (Å²) in [5, 5.41) is 15.0. The molecule has 0 spiro atoms. The number of hydrazine groups is 1. The highest BCUT2D eigenvalue weighted by Gasteiger charge is 2.30. The Hall–Kier alpha value is -4.86. The van der Waals surface area contributed by atoms with Gasteiger partial charge in [0.2, 0.25) is 17.7 Å². The molecule has 3 unspecified atom stereocenters. The third-order valence-electron chi connectivity index (χ3n) is 7.11. The van der Waals surface area contributed by atoms with Gasteiger partial charge in [-0.25, -0.2) is 11.3 Å². The van der Waals surface area contributed by atoms with Gasteiger partial charge in [-0.1, -0.05) is 61.5 Å². The van der Waals surface area contributed by atoms with Crippen LogP contribution in [0.3, 0.4) is 0 Å². The lowest BCUT2D eigenvalue weighted by atomic mass is 9.98. The van der Waals surface area contributed by atoms with Gasteiger partial charge in [-0.2, -0.15) is 0 Å². The summed E-state index contributed by atoms with van der Waals surface area (Å²) in [6.07, 6.45) is 8.09. The van der Waals surface area contributed by atoms with E-state index < -0.39 is 35.7 Å². The SMILES string of the molecule is C#CCCCC(=O)NCCCCC(C=O)N(N)C(=O)C(Cc1ccc(C(=O)c2ccccc2)cc1)NC(=O)C(C)CC(=O)NO. The molecule has 4 amide bonds. The molecule has 0 radical (unpaired) electrons. The van der Waals surface area contributed by atoms with Crippen molar-refractivity contribution in [2.24, 2.45) is 11.8 Å². The van der Waals surface area contributed by atoms with E-state index in [1.807, 2.05) is 6.07 Å². The zero-order chi connectivity index (χ0) is 33.2. The van der Waals surface area contributed by atoms with Crippen LogP contribution in [0.15, 0.2) is 54.6 Å². The Balaban J connectivity index is 2.10. The lowest BCUT2D eigenvalue weighted by Gasteiger charge is -2.29. The average Bonchev–Trinajstić information content (AvgIpc) is 3.05. The average molecular weight is 620 g/mol. The minimum absolute atomic E-state index is 0.0196. The fraction of sp³-hybridized carbons (Fsp3) is 0.394. The van der Waals surface area contributed by atoms with Gasteiger partial charge in [-0.05, 0) is 31.2 Å². The Morgan fingerprint density at radius 3 is 2.27 bits per heavy atom. The van der Waals surface area contributed by atoms with Crippen LogP contribution in [-0.4, -0.2) is 64.5 Å². The maximum atomic E-state index is 13.5. The molecule has 0 aliphatic heterocycles. The van der Waals surface area contributed by atoms with Crippen molar-refractivity contribution in [3.63, 3.8) is 0 Å². The van der Waals surface area contributed by atoms with Gasteiger partial charge in [-0.3, -0.25) is 34.2 Å². The van der Waals surface area contributed by atoms with Gasteiger partial charge in [0.15, 0.2) is 5.78 Å². The van der Waals surface area contributed by atoms with Crippen LogP contribution < -0.4 is 22.0 Å². The number of benzene rings is 2. The van der Waals surface area contributed by atoms with Crippen LogP contribution in [-0.2, 0) is 30.4 Å². The molecule has 0 bridgehead atoms. The zero-order valence-corrected chi connectivity index (χ0v) is 25.4. The maximum absolute atomic E-state index is 13.5. The highest BCUT2D eigenvalue weighted by atomic mass is 16.5. The summed E-state index contributed by atoms with van der Waals surface area (Å²) in [6, 6.07) is 13.1. The van der Waals surface area contributed by atoms with Crippen LogP contribution in [0.5, 0.6) is 0 Å². The fourth-order valence-corrected chi connectivity index (χ4v) is 4.48. The number of amides is 4. The summed E-state index contributed by atoms with van der Waals surface area (Å²) in [4.78, 5) is 74.5. The highest BCUT2D eigenvalue weighted by Crippen LogP contribution is 2.15. The van der Waals surface area contributed by atoms with Gasteiger partial charge in [-0.15, -0.1) is 12.3 Å². The Labute approximate surface area is 263 Å². The number of nitrogens with zero attached hydrogens (tertiary/aromatic N) is 1. The van der Waals surface area contributed by atoms with E-state index in [4.69, 9.17) is 17.5 Å². The van der Waals surface area contributed by atoms with Gasteiger partial charge >= 0.3 is 0 Å². The number of ketones is 1. The molecule has 45 heavy (non-hydrogen) atoms. The number of carbonyl (C=O) groups is 6. The molecular weight excluding hydrogens is 578 g/mol. The van der Waals surface area contributed by atoms with Crippen LogP contribution in [0.2, 0.25) is 0 Å². The van der Waals surface area contributed by atoms with E-state index in [1.54, 1.807) is 48.5 Å². The first-order valence-electron chi connectivity index (χ1n) is 14.8.